The highest BCUT2D eigenvalue weighted by atomic mass is 16.6. The third-order valence-corrected chi connectivity index (χ3v) is 0.701. The van der Waals surface area contributed by atoms with Gasteiger partial charge < -0.3 is 14.3 Å². The molecule has 10 heavy (non-hydrogen) atoms. The molecule has 0 aromatic rings. The first-order valence-corrected chi connectivity index (χ1v) is 3.11. The fourth-order valence-electron chi connectivity index (χ4n) is 0.348. The van der Waals surface area contributed by atoms with E-state index in [1.54, 1.807) is 0 Å². The minimum Gasteiger partial charge on any atom is -0.456 e. The Morgan fingerprint density at radius 3 is 2.40 bits per heavy atom. The van der Waals surface area contributed by atoms with Crippen LogP contribution in [0.1, 0.15) is 20.8 Å². The van der Waals surface area contributed by atoms with Crippen LogP contribution in [0.15, 0.2) is 0 Å². The zero-order chi connectivity index (χ0) is 8.04. The van der Waals surface area contributed by atoms with Crippen molar-refractivity contribution in [2.24, 2.45) is 5.41 Å². The van der Waals surface area contributed by atoms with E-state index in [1.165, 1.54) is 0 Å². The molecular formula is C5H12B2O3. The molecular weight excluding hydrogens is 130 g/mol. The lowest BCUT2D eigenvalue weighted by Crippen LogP contribution is -2.18. The van der Waals surface area contributed by atoms with Crippen molar-refractivity contribution in [2.45, 2.75) is 20.8 Å². The van der Waals surface area contributed by atoms with E-state index in [-0.39, 0.29) is 5.41 Å². The molecule has 0 spiro atoms. The second-order valence-electron chi connectivity index (χ2n) is 3.21. The Labute approximate surface area is 63.3 Å². The predicted octanol–water partition coefficient (Wildman–Crippen LogP) is 0.126. The van der Waals surface area contributed by atoms with Crippen LogP contribution in [-0.2, 0) is 9.23 Å². The number of hydrogen-bond donors (Lipinski definition) is 1. The van der Waals surface area contributed by atoms with Gasteiger partial charge in [-0.2, -0.15) is 0 Å². The molecule has 0 saturated heterocycles. The van der Waals surface area contributed by atoms with Crippen molar-refractivity contribution in [3.63, 3.8) is 0 Å². The fourth-order valence-corrected chi connectivity index (χ4v) is 0.348. The highest BCUT2D eigenvalue weighted by Crippen LogP contribution is 2.11. The molecule has 5 heteroatoms. The van der Waals surface area contributed by atoms with Gasteiger partial charge >= 0.3 is 15.4 Å². The summed E-state index contributed by atoms with van der Waals surface area (Å²) in [5, 5.41) is 8.04. The summed E-state index contributed by atoms with van der Waals surface area (Å²) in [6.07, 6.45) is 0. The Morgan fingerprint density at radius 1 is 1.40 bits per heavy atom. The second-order valence-corrected chi connectivity index (χ2v) is 3.21. The minimum atomic E-state index is 0.120. The Balaban J connectivity index is 3.04. The van der Waals surface area contributed by atoms with Gasteiger partial charge in [-0.15, -0.1) is 0 Å². The summed E-state index contributed by atoms with van der Waals surface area (Å²) in [6, 6.07) is 0. The predicted molar refractivity (Wildman–Crippen MR) is 40.2 cm³/mol. The van der Waals surface area contributed by atoms with Crippen molar-refractivity contribution >= 4 is 15.4 Å². The van der Waals surface area contributed by atoms with Crippen LogP contribution in [0, 0.1) is 5.41 Å². The Bertz CT molecular complexity index is 81.5. The fraction of sp³-hybridized carbons (Fsp3) is 1.00. The van der Waals surface area contributed by atoms with Crippen molar-refractivity contribution in [1.82, 2.24) is 0 Å². The zero-order valence-electron chi connectivity index (χ0n) is 6.63. The van der Waals surface area contributed by atoms with Crippen LogP contribution in [0.4, 0.5) is 0 Å². The summed E-state index contributed by atoms with van der Waals surface area (Å²) in [4.78, 5) is 0. The van der Waals surface area contributed by atoms with Crippen molar-refractivity contribution in [1.29, 1.82) is 0 Å². The highest BCUT2D eigenvalue weighted by Gasteiger charge is 2.10. The third kappa shape index (κ3) is 8.01. The summed E-state index contributed by atoms with van der Waals surface area (Å²) in [6.45, 7) is 6.71. The average Bonchev–Trinajstić information content (AvgIpc) is 1.78. The molecule has 0 unspecified atom stereocenters. The molecule has 1 N–H and O–H groups in total. The van der Waals surface area contributed by atoms with Gasteiger partial charge in [0.2, 0.25) is 0 Å². The normalized spacial score (nSPS) is 11.2. The Kier molecular flexibility index (Phi) is 4.77. The van der Waals surface area contributed by atoms with E-state index in [0.29, 0.717) is 14.3 Å². The van der Waals surface area contributed by atoms with Crippen molar-refractivity contribution < 1.29 is 14.3 Å². The van der Waals surface area contributed by atoms with Gasteiger partial charge in [0.25, 0.3) is 0 Å². The van der Waals surface area contributed by atoms with Crippen LogP contribution in [0.5, 0.6) is 0 Å². The molecule has 0 bridgehead atoms. The first kappa shape index (κ1) is 10.0. The SMILES string of the molecule is CC(C)(C)CO[B]O[B]O. The van der Waals surface area contributed by atoms with E-state index >= 15 is 0 Å². The van der Waals surface area contributed by atoms with Crippen molar-refractivity contribution in [2.75, 3.05) is 6.61 Å². The Morgan fingerprint density at radius 2 is 2.00 bits per heavy atom. The topological polar surface area (TPSA) is 38.7 Å². The average molecular weight is 142 g/mol. The van der Waals surface area contributed by atoms with E-state index in [2.05, 4.69) is 4.57 Å². The van der Waals surface area contributed by atoms with Gasteiger partial charge in [-0.3, -0.25) is 0 Å². The maximum atomic E-state index is 8.04. The molecule has 0 saturated carbocycles. The van der Waals surface area contributed by atoms with Gasteiger partial charge in [0.05, 0.1) is 0 Å². The van der Waals surface area contributed by atoms with E-state index in [1.807, 2.05) is 20.8 Å². The lowest BCUT2D eigenvalue weighted by molar-refractivity contribution is 0.183. The van der Waals surface area contributed by atoms with Gasteiger partial charge in [-0.25, -0.2) is 0 Å². The first-order chi connectivity index (χ1) is 4.56. The van der Waals surface area contributed by atoms with Crippen molar-refractivity contribution in [3.05, 3.63) is 0 Å². The molecule has 2 radical (unpaired) electrons. The van der Waals surface area contributed by atoms with Crippen LogP contribution >= 0.6 is 0 Å². The van der Waals surface area contributed by atoms with Gasteiger partial charge in [0, 0.05) is 6.61 Å². The summed E-state index contributed by atoms with van der Waals surface area (Å²) in [7, 11) is 1.67. The van der Waals surface area contributed by atoms with Gasteiger partial charge in [-0.1, -0.05) is 20.8 Å². The lowest BCUT2D eigenvalue weighted by atomic mass is 9.98. The zero-order valence-corrected chi connectivity index (χ0v) is 6.63. The monoisotopic (exact) mass is 142 g/mol. The molecule has 0 amide bonds. The van der Waals surface area contributed by atoms with Gasteiger partial charge in [0.15, 0.2) is 0 Å². The molecule has 0 aliphatic heterocycles. The molecule has 0 aliphatic rings. The van der Waals surface area contributed by atoms with Crippen LogP contribution in [0.25, 0.3) is 0 Å². The maximum Gasteiger partial charge on any atom is 0.472 e. The molecule has 0 aromatic heterocycles. The summed E-state index contributed by atoms with van der Waals surface area (Å²) < 4.78 is 9.21. The maximum absolute atomic E-state index is 8.04. The standard InChI is InChI=1S/C5H12B2O3/c1-5(2,3)4-9-7-10-6-8/h8H,4H2,1-3H3. The molecule has 0 fully saturated rings. The van der Waals surface area contributed by atoms with Crippen LogP contribution < -0.4 is 0 Å². The molecule has 0 heterocycles. The van der Waals surface area contributed by atoms with Gasteiger partial charge in [0.1, 0.15) is 0 Å². The summed E-state index contributed by atoms with van der Waals surface area (Å²) in [5.41, 5.74) is 0.120. The van der Waals surface area contributed by atoms with E-state index in [4.69, 9.17) is 9.68 Å². The molecule has 3 nitrogen and oxygen atoms in total. The molecule has 0 atom stereocenters. The number of hydrogen-bond acceptors (Lipinski definition) is 3. The quantitative estimate of drug-likeness (QED) is 0.447. The molecule has 56 valence electrons. The lowest BCUT2D eigenvalue weighted by Gasteiger charge is -2.17. The second kappa shape index (κ2) is 4.77. The van der Waals surface area contributed by atoms with Crippen molar-refractivity contribution in [3.8, 4) is 0 Å². The third-order valence-electron chi connectivity index (χ3n) is 0.701. The van der Waals surface area contributed by atoms with Crippen LogP contribution in [-0.4, -0.2) is 27.0 Å². The first-order valence-electron chi connectivity index (χ1n) is 3.11. The largest absolute Gasteiger partial charge is 0.472 e. The van der Waals surface area contributed by atoms with E-state index in [9.17, 15) is 0 Å². The van der Waals surface area contributed by atoms with E-state index < -0.39 is 0 Å². The molecule has 0 aliphatic carbocycles. The Hall–Kier alpha value is 0.00987. The molecule has 0 aromatic carbocycles. The number of rotatable bonds is 4. The minimum absolute atomic E-state index is 0.120. The van der Waals surface area contributed by atoms with Crippen LogP contribution in [0.3, 0.4) is 0 Å². The molecule has 0 rings (SSSR count). The smallest absolute Gasteiger partial charge is 0.456 e. The highest BCUT2D eigenvalue weighted by molar-refractivity contribution is 6.33. The summed E-state index contributed by atoms with van der Waals surface area (Å²) in [5.74, 6) is 0. The van der Waals surface area contributed by atoms with Crippen LogP contribution in [0.2, 0.25) is 0 Å². The summed E-state index contributed by atoms with van der Waals surface area (Å²) >= 11 is 0. The van der Waals surface area contributed by atoms with E-state index in [0.717, 1.165) is 7.69 Å². The van der Waals surface area contributed by atoms with Gasteiger partial charge in [-0.05, 0) is 5.41 Å².